The van der Waals surface area contributed by atoms with Crippen LogP contribution >= 0.6 is 0 Å². The average molecular weight is 238 g/mol. The molecule has 0 aliphatic rings. The number of rotatable bonds is 8. The normalized spacial score (nSPS) is 11.6. The lowest BCUT2D eigenvalue weighted by molar-refractivity contribution is 0.394. The molecule has 4 heteroatoms. The number of hydrogen-bond donors (Lipinski definition) is 1. The molecule has 0 saturated carbocycles. The Morgan fingerprint density at radius 1 is 1.41 bits per heavy atom. The third-order valence-corrected chi connectivity index (χ3v) is 2.53. The van der Waals surface area contributed by atoms with Gasteiger partial charge in [0.1, 0.15) is 0 Å². The topological polar surface area (TPSA) is 33.1 Å². The van der Waals surface area contributed by atoms with Gasteiger partial charge in [0, 0.05) is 24.8 Å². The second kappa shape index (κ2) is 7.45. The van der Waals surface area contributed by atoms with Crippen LogP contribution in [0.4, 0.5) is 0 Å². The zero-order chi connectivity index (χ0) is 12.7. The maximum atomic E-state index is 4.35. The summed E-state index contributed by atoms with van der Waals surface area (Å²) in [4.78, 5) is 2.21. The van der Waals surface area contributed by atoms with Gasteiger partial charge < -0.3 is 10.2 Å². The molecule has 0 bridgehead atoms. The number of hydrogen-bond acceptors (Lipinski definition) is 3. The molecule has 0 radical (unpaired) electrons. The van der Waals surface area contributed by atoms with Crippen LogP contribution in [0, 0.1) is 5.92 Å². The van der Waals surface area contributed by atoms with E-state index in [1.54, 1.807) is 0 Å². The molecule has 0 saturated heterocycles. The van der Waals surface area contributed by atoms with E-state index < -0.39 is 0 Å². The lowest BCUT2D eigenvalue weighted by Crippen LogP contribution is -2.20. The summed E-state index contributed by atoms with van der Waals surface area (Å²) in [5.74, 6) is 0.649. The van der Waals surface area contributed by atoms with Crippen molar-refractivity contribution in [1.29, 1.82) is 0 Å². The first-order chi connectivity index (χ1) is 8.08. The lowest BCUT2D eigenvalue weighted by atomic mass is 10.2. The Labute approximate surface area is 105 Å². The van der Waals surface area contributed by atoms with E-state index in [2.05, 4.69) is 49.5 Å². The predicted octanol–water partition coefficient (Wildman–Crippen LogP) is 1.58. The predicted molar refractivity (Wildman–Crippen MR) is 71.9 cm³/mol. The van der Waals surface area contributed by atoms with E-state index in [9.17, 15) is 0 Å². The molecule has 98 valence electrons. The van der Waals surface area contributed by atoms with Crippen molar-refractivity contribution in [3.8, 4) is 0 Å². The average Bonchev–Trinajstić information content (AvgIpc) is 2.63. The van der Waals surface area contributed by atoms with Crippen molar-refractivity contribution in [2.75, 3.05) is 27.2 Å². The highest BCUT2D eigenvalue weighted by molar-refractivity contribution is 5.03. The van der Waals surface area contributed by atoms with Crippen LogP contribution in [0.5, 0.6) is 0 Å². The molecule has 0 aliphatic carbocycles. The van der Waals surface area contributed by atoms with Gasteiger partial charge >= 0.3 is 0 Å². The molecule has 1 aromatic heterocycles. The first-order valence-electron chi connectivity index (χ1n) is 6.44. The summed E-state index contributed by atoms with van der Waals surface area (Å²) in [6.07, 6.45) is 5.29. The first kappa shape index (κ1) is 14.2. The third-order valence-electron chi connectivity index (χ3n) is 2.53. The van der Waals surface area contributed by atoms with Crippen molar-refractivity contribution in [1.82, 2.24) is 20.0 Å². The second-order valence-electron chi connectivity index (χ2n) is 5.30. The lowest BCUT2D eigenvalue weighted by Gasteiger charge is -2.09. The van der Waals surface area contributed by atoms with Crippen LogP contribution in [-0.4, -0.2) is 41.9 Å². The van der Waals surface area contributed by atoms with Crippen molar-refractivity contribution >= 4 is 0 Å². The fraction of sp³-hybridized carbons (Fsp3) is 0.769. The van der Waals surface area contributed by atoms with Gasteiger partial charge in [-0.1, -0.05) is 13.8 Å². The van der Waals surface area contributed by atoms with Crippen LogP contribution in [0.2, 0.25) is 0 Å². The fourth-order valence-corrected chi connectivity index (χ4v) is 1.72. The van der Waals surface area contributed by atoms with E-state index in [0.717, 1.165) is 26.2 Å². The molecule has 17 heavy (non-hydrogen) atoms. The molecule has 1 rings (SSSR count). The Morgan fingerprint density at radius 3 is 2.82 bits per heavy atom. The summed E-state index contributed by atoms with van der Waals surface area (Å²) in [7, 11) is 4.21. The van der Waals surface area contributed by atoms with E-state index in [1.807, 2.05) is 10.9 Å². The molecule has 0 aliphatic heterocycles. The maximum absolute atomic E-state index is 4.35. The molecule has 1 N–H and O–H groups in total. The minimum Gasteiger partial charge on any atom is -0.313 e. The SMILES string of the molecule is CC(C)Cn1cc(CNCCCN(C)C)cn1. The van der Waals surface area contributed by atoms with Crippen molar-refractivity contribution in [3.05, 3.63) is 18.0 Å². The zero-order valence-corrected chi connectivity index (χ0v) is 11.6. The Morgan fingerprint density at radius 2 is 2.18 bits per heavy atom. The number of nitrogens with one attached hydrogen (secondary N) is 1. The Balaban J connectivity index is 2.16. The van der Waals surface area contributed by atoms with E-state index in [4.69, 9.17) is 0 Å². The molecule has 4 nitrogen and oxygen atoms in total. The van der Waals surface area contributed by atoms with E-state index in [-0.39, 0.29) is 0 Å². The number of nitrogens with zero attached hydrogens (tertiary/aromatic N) is 3. The van der Waals surface area contributed by atoms with E-state index in [0.29, 0.717) is 5.92 Å². The molecular formula is C13H26N4. The Hall–Kier alpha value is -0.870. The summed E-state index contributed by atoms with van der Waals surface area (Å²) < 4.78 is 2.03. The monoisotopic (exact) mass is 238 g/mol. The minimum absolute atomic E-state index is 0.649. The highest BCUT2D eigenvalue weighted by Crippen LogP contribution is 2.01. The summed E-state index contributed by atoms with van der Waals surface area (Å²) in [6.45, 7) is 8.54. The largest absolute Gasteiger partial charge is 0.313 e. The molecule has 0 amide bonds. The van der Waals surface area contributed by atoms with Gasteiger partial charge in [-0.15, -0.1) is 0 Å². The van der Waals surface area contributed by atoms with Crippen molar-refractivity contribution in [3.63, 3.8) is 0 Å². The smallest absolute Gasteiger partial charge is 0.0534 e. The van der Waals surface area contributed by atoms with Crippen LogP contribution in [-0.2, 0) is 13.1 Å². The molecular weight excluding hydrogens is 212 g/mol. The second-order valence-corrected chi connectivity index (χ2v) is 5.30. The van der Waals surface area contributed by atoms with Gasteiger partial charge in [0.2, 0.25) is 0 Å². The first-order valence-corrected chi connectivity index (χ1v) is 6.44. The summed E-state index contributed by atoms with van der Waals surface area (Å²) in [6, 6.07) is 0. The van der Waals surface area contributed by atoms with Crippen molar-refractivity contribution in [2.24, 2.45) is 5.92 Å². The Kier molecular flexibility index (Phi) is 6.22. The van der Waals surface area contributed by atoms with Gasteiger partial charge in [-0.25, -0.2) is 0 Å². The van der Waals surface area contributed by atoms with Crippen LogP contribution in [0.3, 0.4) is 0 Å². The van der Waals surface area contributed by atoms with Crippen LogP contribution < -0.4 is 5.32 Å². The summed E-state index contributed by atoms with van der Waals surface area (Å²) >= 11 is 0. The van der Waals surface area contributed by atoms with Gasteiger partial charge in [-0.3, -0.25) is 4.68 Å². The molecule has 1 aromatic rings. The van der Waals surface area contributed by atoms with E-state index in [1.165, 1.54) is 12.0 Å². The minimum atomic E-state index is 0.649. The summed E-state index contributed by atoms with van der Waals surface area (Å²) in [5, 5.41) is 7.80. The zero-order valence-electron chi connectivity index (χ0n) is 11.6. The Bertz CT molecular complexity index is 304. The molecule has 0 unspecified atom stereocenters. The summed E-state index contributed by atoms with van der Waals surface area (Å²) in [5.41, 5.74) is 1.27. The number of aromatic nitrogens is 2. The van der Waals surface area contributed by atoms with Gasteiger partial charge in [-0.05, 0) is 39.5 Å². The molecule has 0 aromatic carbocycles. The maximum Gasteiger partial charge on any atom is 0.0534 e. The van der Waals surface area contributed by atoms with Gasteiger partial charge in [0.25, 0.3) is 0 Å². The fourth-order valence-electron chi connectivity index (χ4n) is 1.72. The van der Waals surface area contributed by atoms with Crippen LogP contribution in [0.25, 0.3) is 0 Å². The third kappa shape index (κ3) is 6.44. The van der Waals surface area contributed by atoms with Crippen molar-refractivity contribution in [2.45, 2.75) is 33.4 Å². The van der Waals surface area contributed by atoms with Gasteiger partial charge in [0.05, 0.1) is 6.20 Å². The van der Waals surface area contributed by atoms with Gasteiger partial charge in [-0.2, -0.15) is 5.10 Å². The van der Waals surface area contributed by atoms with Crippen LogP contribution in [0.15, 0.2) is 12.4 Å². The molecule has 0 spiro atoms. The molecule has 1 heterocycles. The van der Waals surface area contributed by atoms with E-state index >= 15 is 0 Å². The quantitative estimate of drug-likeness (QED) is 0.698. The standard InChI is InChI=1S/C13H26N4/c1-12(2)10-17-11-13(9-15-17)8-14-6-5-7-16(3)4/h9,11-12,14H,5-8,10H2,1-4H3. The van der Waals surface area contributed by atoms with Crippen molar-refractivity contribution < 1.29 is 0 Å². The highest BCUT2D eigenvalue weighted by Gasteiger charge is 2.00. The molecule has 0 fully saturated rings. The molecule has 0 atom stereocenters. The van der Waals surface area contributed by atoms with Crippen LogP contribution in [0.1, 0.15) is 25.8 Å². The highest BCUT2D eigenvalue weighted by atomic mass is 15.3. The van der Waals surface area contributed by atoms with Gasteiger partial charge in [0.15, 0.2) is 0 Å².